The molecule has 1 heterocycles. The van der Waals surface area contributed by atoms with Crippen LogP contribution in [0.1, 0.15) is 32.1 Å². The molecule has 0 bridgehead atoms. The molecule has 0 aromatic rings. The molecule has 1 saturated carbocycles. The first-order valence-electron chi connectivity index (χ1n) is 7.50. The highest BCUT2D eigenvalue weighted by atomic mass is 16.1. The van der Waals surface area contributed by atoms with Gasteiger partial charge in [-0.05, 0) is 59.3 Å². The zero-order chi connectivity index (χ0) is 13.8. The lowest BCUT2D eigenvalue weighted by molar-refractivity contribution is -0.120. The van der Waals surface area contributed by atoms with Crippen molar-refractivity contribution in [3.05, 3.63) is 0 Å². The molecule has 2 atom stereocenters. The van der Waals surface area contributed by atoms with E-state index in [1.165, 1.54) is 32.2 Å². The number of hydrogen-bond donors (Lipinski definition) is 2. The van der Waals surface area contributed by atoms with Gasteiger partial charge in [0.15, 0.2) is 0 Å². The van der Waals surface area contributed by atoms with Crippen LogP contribution < -0.4 is 11.1 Å². The zero-order valence-corrected chi connectivity index (χ0v) is 12.3. The van der Waals surface area contributed by atoms with E-state index in [4.69, 9.17) is 5.73 Å². The van der Waals surface area contributed by atoms with E-state index in [1.807, 2.05) is 0 Å². The molecule has 110 valence electrons. The Morgan fingerprint density at radius 1 is 1.47 bits per heavy atom. The van der Waals surface area contributed by atoms with E-state index < -0.39 is 0 Å². The van der Waals surface area contributed by atoms with E-state index in [0.29, 0.717) is 12.1 Å². The molecule has 5 heteroatoms. The Morgan fingerprint density at radius 3 is 2.74 bits per heavy atom. The van der Waals surface area contributed by atoms with Gasteiger partial charge < -0.3 is 20.9 Å². The Kier molecular flexibility index (Phi) is 5.19. The lowest BCUT2D eigenvalue weighted by atomic mass is 10.1. The average molecular weight is 268 g/mol. The summed E-state index contributed by atoms with van der Waals surface area (Å²) in [5.41, 5.74) is 5.46. The fourth-order valence-corrected chi connectivity index (χ4v) is 2.85. The predicted molar refractivity (Wildman–Crippen MR) is 76.9 cm³/mol. The van der Waals surface area contributed by atoms with Crippen molar-refractivity contribution >= 4 is 5.91 Å². The Bertz CT molecular complexity index is 306. The largest absolute Gasteiger partial charge is 0.368 e. The molecule has 1 saturated heterocycles. The number of hydrogen-bond acceptors (Lipinski definition) is 4. The van der Waals surface area contributed by atoms with E-state index in [0.717, 1.165) is 19.5 Å². The molecule has 0 aromatic carbocycles. The van der Waals surface area contributed by atoms with Gasteiger partial charge in [0.25, 0.3) is 0 Å². The second-order valence-electron chi connectivity index (χ2n) is 6.22. The lowest BCUT2D eigenvalue weighted by Crippen LogP contribution is -2.45. The maximum Gasteiger partial charge on any atom is 0.234 e. The van der Waals surface area contributed by atoms with E-state index >= 15 is 0 Å². The average Bonchev–Trinajstić information content (AvgIpc) is 3.09. The first kappa shape index (κ1) is 14.8. The Morgan fingerprint density at radius 2 is 2.21 bits per heavy atom. The zero-order valence-electron chi connectivity index (χ0n) is 12.3. The van der Waals surface area contributed by atoms with E-state index in [2.05, 4.69) is 29.2 Å². The number of primary amides is 1. The van der Waals surface area contributed by atoms with Crippen molar-refractivity contribution in [2.75, 3.05) is 33.7 Å². The number of likely N-dealkylation sites (N-methyl/N-ethyl adjacent to an activating group) is 2. The number of amides is 1. The maximum absolute atomic E-state index is 11.4. The molecule has 2 fully saturated rings. The molecular weight excluding hydrogens is 240 g/mol. The minimum atomic E-state index is -0.210. The van der Waals surface area contributed by atoms with Crippen molar-refractivity contribution < 1.29 is 4.79 Å². The van der Waals surface area contributed by atoms with Crippen LogP contribution in [0.4, 0.5) is 0 Å². The van der Waals surface area contributed by atoms with Gasteiger partial charge in [-0.3, -0.25) is 4.79 Å². The van der Waals surface area contributed by atoms with Crippen LogP contribution in [-0.2, 0) is 4.79 Å². The van der Waals surface area contributed by atoms with Crippen LogP contribution in [0.2, 0.25) is 0 Å². The van der Waals surface area contributed by atoms with Crippen LogP contribution in [0, 0.1) is 0 Å². The SMILES string of the molecule is CN(CCC(NC1CC1)C(N)=O)CC1CCCN1C. The van der Waals surface area contributed by atoms with Crippen LogP contribution in [0.3, 0.4) is 0 Å². The predicted octanol–water partition coefficient (Wildman–Crippen LogP) is 0.00840. The molecule has 2 rings (SSSR count). The molecule has 19 heavy (non-hydrogen) atoms. The van der Waals surface area contributed by atoms with Gasteiger partial charge in [0.2, 0.25) is 5.91 Å². The standard InChI is InChI=1S/C14H28N4O/c1-17(10-12-4-3-8-18(12)2)9-7-13(14(15)19)16-11-5-6-11/h11-13,16H,3-10H2,1-2H3,(H2,15,19). The molecule has 0 radical (unpaired) electrons. The van der Waals surface area contributed by atoms with Gasteiger partial charge in [0.1, 0.15) is 0 Å². The van der Waals surface area contributed by atoms with Crippen molar-refractivity contribution in [1.29, 1.82) is 0 Å². The number of likely N-dealkylation sites (tertiary alicyclic amines) is 1. The summed E-state index contributed by atoms with van der Waals surface area (Å²) < 4.78 is 0. The maximum atomic E-state index is 11.4. The Hall–Kier alpha value is -0.650. The number of rotatable bonds is 8. The summed E-state index contributed by atoms with van der Waals surface area (Å²) in [5, 5.41) is 3.34. The van der Waals surface area contributed by atoms with Crippen LogP contribution in [0.5, 0.6) is 0 Å². The highest BCUT2D eigenvalue weighted by Gasteiger charge is 2.27. The molecule has 0 aromatic heterocycles. The number of nitrogens with one attached hydrogen (secondary N) is 1. The molecule has 1 amide bonds. The normalized spacial score (nSPS) is 25.9. The van der Waals surface area contributed by atoms with Crippen molar-refractivity contribution in [2.24, 2.45) is 5.73 Å². The summed E-state index contributed by atoms with van der Waals surface area (Å²) in [6, 6.07) is 1.05. The topological polar surface area (TPSA) is 61.6 Å². The molecule has 2 unspecified atom stereocenters. The molecule has 5 nitrogen and oxygen atoms in total. The highest BCUT2D eigenvalue weighted by molar-refractivity contribution is 5.79. The van der Waals surface area contributed by atoms with Gasteiger partial charge in [-0.2, -0.15) is 0 Å². The second kappa shape index (κ2) is 6.68. The minimum absolute atomic E-state index is 0.156. The third-order valence-electron chi connectivity index (χ3n) is 4.35. The fraction of sp³-hybridized carbons (Fsp3) is 0.929. The number of nitrogens with two attached hydrogens (primary N) is 1. The van der Waals surface area contributed by atoms with Crippen molar-refractivity contribution in [3.63, 3.8) is 0 Å². The van der Waals surface area contributed by atoms with E-state index in [9.17, 15) is 4.79 Å². The summed E-state index contributed by atoms with van der Waals surface area (Å²) in [4.78, 5) is 16.2. The van der Waals surface area contributed by atoms with Gasteiger partial charge in [0.05, 0.1) is 6.04 Å². The Labute approximate surface area is 116 Å². The third kappa shape index (κ3) is 4.75. The molecule has 1 aliphatic heterocycles. The monoisotopic (exact) mass is 268 g/mol. The first-order chi connectivity index (χ1) is 9.06. The quantitative estimate of drug-likeness (QED) is 0.651. The summed E-state index contributed by atoms with van der Waals surface area (Å²) >= 11 is 0. The second-order valence-corrected chi connectivity index (χ2v) is 6.22. The van der Waals surface area contributed by atoms with Gasteiger partial charge in [-0.25, -0.2) is 0 Å². The minimum Gasteiger partial charge on any atom is -0.368 e. The van der Waals surface area contributed by atoms with Crippen LogP contribution in [0.25, 0.3) is 0 Å². The number of carbonyl (C=O) groups excluding carboxylic acids is 1. The lowest BCUT2D eigenvalue weighted by Gasteiger charge is -2.26. The van der Waals surface area contributed by atoms with Gasteiger partial charge in [-0.1, -0.05) is 0 Å². The first-order valence-corrected chi connectivity index (χ1v) is 7.50. The van der Waals surface area contributed by atoms with E-state index in [-0.39, 0.29) is 11.9 Å². The van der Waals surface area contributed by atoms with Crippen LogP contribution in [-0.4, -0.2) is 67.6 Å². The molecule has 3 N–H and O–H groups in total. The van der Waals surface area contributed by atoms with Crippen LogP contribution >= 0.6 is 0 Å². The van der Waals surface area contributed by atoms with Crippen molar-refractivity contribution in [3.8, 4) is 0 Å². The molecular formula is C14H28N4O. The summed E-state index contributed by atoms with van der Waals surface area (Å²) in [6.45, 7) is 3.23. The third-order valence-corrected chi connectivity index (χ3v) is 4.35. The fourth-order valence-electron chi connectivity index (χ4n) is 2.85. The van der Waals surface area contributed by atoms with Gasteiger partial charge in [-0.15, -0.1) is 0 Å². The van der Waals surface area contributed by atoms with Gasteiger partial charge in [0, 0.05) is 18.6 Å². The number of carbonyl (C=O) groups is 1. The molecule has 2 aliphatic rings. The van der Waals surface area contributed by atoms with Crippen molar-refractivity contribution in [2.45, 2.75) is 50.2 Å². The molecule has 0 spiro atoms. The molecule has 1 aliphatic carbocycles. The van der Waals surface area contributed by atoms with E-state index in [1.54, 1.807) is 0 Å². The Balaban J connectivity index is 1.68. The summed E-state index contributed by atoms with van der Waals surface area (Å²) in [7, 11) is 4.34. The summed E-state index contributed by atoms with van der Waals surface area (Å²) in [5.74, 6) is -0.210. The smallest absolute Gasteiger partial charge is 0.234 e. The summed E-state index contributed by atoms with van der Waals surface area (Å²) in [6.07, 6.45) is 5.79. The van der Waals surface area contributed by atoms with Gasteiger partial charge >= 0.3 is 0 Å². The van der Waals surface area contributed by atoms with Crippen molar-refractivity contribution in [1.82, 2.24) is 15.1 Å². The highest BCUT2D eigenvalue weighted by Crippen LogP contribution is 2.20. The number of nitrogens with zero attached hydrogens (tertiary/aromatic N) is 2. The van der Waals surface area contributed by atoms with Crippen LogP contribution in [0.15, 0.2) is 0 Å².